The summed E-state index contributed by atoms with van der Waals surface area (Å²) in [5, 5.41) is 5.50. The molecule has 0 amide bonds. The molecule has 7 heteroatoms. The summed E-state index contributed by atoms with van der Waals surface area (Å²) in [6, 6.07) is 14.2. The molecule has 0 aliphatic rings. The summed E-state index contributed by atoms with van der Waals surface area (Å²) < 4.78 is 6.93. The summed E-state index contributed by atoms with van der Waals surface area (Å²) >= 11 is 18.2. The average Bonchev–Trinajstić information content (AvgIpc) is 2.88. The zero-order valence-corrected chi connectivity index (χ0v) is 15.4. The minimum Gasteiger partial charge on any atom is -0.457 e. The Labute approximate surface area is 159 Å². The topological polar surface area (TPSA) is 44.1 Å². The van der Waals surface area contributed by atoms with Crippen LogP contribution in [0.25, 0.3) is 11.3 Å². The molecule has 3 aromatic rings. The number of aromatic nitrogens is 2. The van der Waals surface area contributed by atoms with E-state index in [1.807, 2.05) is 30.3 Å². The first-order chi connectivity index (χ1) is 12.0. The van der Waals surface area contributed by atoms with E-state index >= 15 is 0 Å². The van der Waals surface area contributed by atoms with Crippen LogP contribution in [0.1, 0.15) is 15.9 Å². The van der Waals surface area contributed by atoms with Crippen LogP contribution < -0.4 is 0 Å². The molecular formula is C18H13Cl3N2O2. The lowest BCUT2D eigenvalue weighted by atomic mass is 10.1. The first-order valence-electron chi connectivity index (χ1n) is 7.36. The fourth-order valence-corrected chi connectivity index (χ4v) is 3.04. The van der Waals surface area contributed by atoms with E-state index in [2.05, 4.69) is 5.10 Å². The number of nitrogens with zero attached hydrogens (tertiary/aromatic N) is 2. The van der Waals surface area contributed by atoms with E-state index in [-0.39, 0.29) is 17.2 Å². The molecule has 0 spiro atoms. The van der Waals surface area contributed by atoms with Crippen molar-refractivity contribution in [2.45, 2.75) is 6.61 Å². The van der Waals surface area contributed by atoms with Gasteiger partial charge >= 0.3 is 5.97 Å². The molecule has 4 nitrogen and oxygen atoms in total. The number of rotatable bonds is 4. The van der Waals surface area contributed by atoms with Gasteiger partial charge in [0, 0.05) is 17.6 Å². The van der Waals surface area contributed by atoms with Crippen molar-refractivity contribution >= 4 is 40.8 Å². The van der Waals surface area contributed by atoms with Crippen LogP contribution in [0.15, 0.2) is 48.5 Å². The van der Waals surface area contributed by atoms with Crippen LogP contribution in [0.2, 0.25) is 15.2 Å². The van der Waals surface area contributed by atoms with Gasteiger partial charge < -0.3 is 4.74 Å². The molecule has 0 radical (unpaired) electrons. The number of carbonyl (C=O) groups is 1. The molecule has 0 bridgehead atoms. The van der Waals surface area contributed by atoms with Gasteiger partial charge in [0.1, 0.15) is 17.5 Å². The molecule has 0 fully saturated rings. The zero-order valence-electron chi connectivity index (χ0n) is 13.2. The third-order valence-electron chi connectivity index (χ3n) is 3.61. The maximum Gasteiger partial charge on any atom is 0.339 e. The third kappa shape index (κ3) is 3.82. The first-order valence-corrected chi connectivity index (χ1v) is 8.49. The van der Waals surface area contributed by atoms with Gasteiger partial charge in [-0.05, 0) is 18.2 Å². The Morgan fingerprint density at radius 2 is 1.84 bits per heavy atom. The summed E-state index contributed by atoms with van der Waals surface area (Å²) in [6.45, 7) is -0.0192. The van der Waals surface area contributed by atoms with Crippen molar-refractivity contribution in [3.8, 4) is 11.3 Å². The Morgan fingerprint density at radius 1 is 1.12 bits per heavy atom. The smallest absolute Gasteiger partial charge is 0.339 e. The van der Waals surface area contributed by atoms with Crippen LogP contribution in [-0.4, -0.2) is 15.7 Å². The van der Waals surface area contributed by atoms with Crippen LogP contribution >= 0.6 is 34.8 Å². The molecule has 0 N–H and O–H groups in total. The average molecular weight is 396 g/mol. The minimum atomic E-state index is -0.555. The van der Waals surface area contributed by atoms with Gasteiger partial charge in [0.05, 0.1) is 16.1 Å². The Morgan fingerprint density at radius 3 is 2.52 bits per heavy atom. The van der Waals surface area contributed by atoms with Gasteiger partial charge in [-0.3, -0.25) is 4.68 Å². The maximum absolute atomic E-state index is 12.3. The van der Waals surface area contributed by atoms with Gasteiger partial charge in [0.25, 0.3) is 0 Å². The van der Waals surface area contributed by atoms with Crippen molar-refractivity contribution in [1.82, 2.24) is 9.78 Å². The second-order valence-corrected chi connectivity index (χ2v) is 6.51. The van der Waals surface area contributed by atoms with Gasteiger partial charge in [-0.1, -0.05) is 65.1 Å². The SMILES string of the molecule is Cn1nc(-c2ccccc2)c(COC(=O)c2ccc(Cl)cc2Cl)c1Cl. The Kier molecular flexibility index (Phi) is 5.33. The normalized spacial score (nSPS) is 10.7. The molecule has 25 heavy (non-hydrogen) atoms. The third-order valence-corrected chi connectivity index (χ3v) is 4.64. The highest BCUT2D eigenvalue weighted by Gasteiger charge is 2.19. The summed E-state index contributed by atoms with van der Waals surface area (Å²) in [6.07, 6.45) is 0. The molecule has 3 rings (SSSR count). The fraction of sp³-hybridized carbons (Fsp3) is 0.111. The van der Waals surface area contributed by atoms with Crippen LogP contribution in [-0.2, 0) is 18.4 Å². The largest absolute Gasteiger partial charge is 0.457 e. The molecule has 0 atom stereocenters. The van der Waals surface area contributed by atoms with E-state index in [0.717, 1.165) is 5.56 Å². The Hall–Kier alpha value is -2.01. The van der Waals surface area contributed by atoms with Gasteiger partial charge in [-0.25, -0.2) is 4.79 Å². The van der Waals surface area contributed by atoms with Crippen LogP contribution in [0.5, 0.6) is 0 Å². The molecule has 2 aromatic carbocycles. The maximum atomic E-state index is 12.3. The number of ether oxygens (including phenoxy) is 1. The standard InChI is InChI=1S/C18H13Cl3N2O2/c1-23-17(21)14(16(22-23)11-5-3-2-4-6-11)10-25-18(24)13-8-7-12(19)9-15(13)20/h2-9H,10H2,1H3. The van der Waals surface area contributed by atoms with Crippen molar-refractivity contribution in [2.24, 2.45) is 7.05 Å². The minimum absolute atomic E-state index is 0.0192. The highest BCUT2D eigenvalue weighted by Crippen LogP contribution is 2.29. The van der Waals surface area contributed by atoms with Gasteiger partial charge in [0.2, 0.25) is 0 Å². The van der Waals surface area contributed by atoms with E-state index in [1.165, 1.54) is 12.1 Å². The second kappa shape index (κ2) is 7.48. The number of aryl methyl sites for hydroxylation is 1. The zero-order chi connectivity index (χ0) is 18.0. The molecule has 0 unspecified atom stereocenters. The summed E-state index contributed by atoms with van der Waals surface area (Å²) in [4.78, 5) is 12.3. The predicted molar refractivity (Wildman–Crippen MR) is 99.2 cm³/mol. The highest BCUT2D eigenvalue weighted by atomic mass is 35.5. The number of hydrogen-bond donors (Lipinski definition) is 0. The lowest BCUT2D eigenvalue weighted by Gasteiger charge is -2.07. The van der Waals surface area contributed by atoms with Crippen molar-refractivity contribution < 1.29 is 9.53 Å². The predicted octanol–water partition coefficient (Wildman–Crippen LogP) is 5.40. The molecule has 1 aromatic heterocycles. The number of halogens is 3. The molecular weight excluding hydrogens is 383 g/mol. The second-order valence-electron chi connectivity index (χ2n) is 5.31. The van der Waals surface area contributed by atoms with Crippen molar-refractivity contribution in [2.75, 3.05) is 0 Å². The Bertz CT molecular complexity index is 924. The van der Waals surface area contributed by atoms with Crippen molar-refractivity contribution in [3.05, 3.63) is 74.9 Å². The number of benzene rings is 2. The van der Waals surface area contributed by atoms with E-state index < -0.39 is 5.97 Å². The van der Waals surface area contributed by atoms with Crippen LogP contribution in [0, 0.1) is 0 Å². The van der Waals surface area contributed by atoms with Gasteiger partial charge in [-0.2, -0.15) is 5.10 Å². The van der Waals surface area contributed by atoms with Crippen molar-refractivity contribution in [3.63, 3.8) is 0 Å². The number of carbonyl (C=O) groups excluding carboxylic acids is 1. The Balaban J connectivity index is 1.85. The summed E-state index contributed by atoms with van der Waals surface area (Å²) in [7, 11) is 1.73. The molecule has 0 aliphatic heterocycles. The lowest BCUT2D eigenvalue weighted by Crippen LogP contribution is -2.06. The van der Waals surface area contributed by atoms with Crippen molar-refractivity contribution in [1.29, 1.82) is 0 Å². The fourth-order valence-electron chi connectivity index (χ4n) is 2.37. The quantitative estimate of drug-likeness (QED) is 0.555. The lowest BCUT2D eigenvalue weighted by molar-refractivity contribution is 0.0473. The van der Waals surface area contributed by atoms with E-state index in [1.54, 1.807) is 17.8 Å². The van der Waals surface area contributed by atoms with Gasteiger partial charge in [-0.15, -0.1) is 0 Å². The van der Waals surface area contributed by atoms with Gasteiger partial charge in [0.15, 0.2) is 0 Å². The summed E-state index contributed by atoms with van der Waals surface area (Å²) in [5.41, 5.74) is 2.44. The highest BCUT2D eigenvalue weighted by molar-refractivity contribution is 6.36. The molecule has 0 saturated heterocycles. The van der Waals surface area contributed by atoms with Crippen LogP contribution in [0.3, 0.4) is 0 Å². The van der Waals surface area contributed by atoms with E-state index in [0.29, 0.717) is 21.4 Å². The first kappa shape index (κ1) is 17.8. The molecule has 1 heterocycles. The molecule has 0 aliphatic carbocycles. The summed E-state index contributed by atoms with van der Waals surface area (Å²) in [5.74, 6) is -0.555. The van der Waals surface area contributed by atoms with Crippen LogP contribution in [0.4, 0.5) is 0 Å². The molecule has 128 valence electrons. The van der Waals surface area contributed by atoms with E-state index in [9.17, 15) is 4.79 Å². The number of hydrogen-bond acceptors (Lipinski definition) is 3. The molecule has 0 saturated carbocycles. The monoisotopic (exact) mass is 394 g/mol. The number of esters is 1. The van der Waals surface area contributed by atoms with E-state index in [4.69, 9.17) is 39.5 Å².